The number of nitrogens with two attached hydrogens (primary N) is 1. The van der Waals surface area contributed by atoms with Crippen LogP contribution >= 0.6 is 0 Å². The van der Waals surface area contributed by atoms with Crippen molar-refractivity contribution in [3.05, 3.63) is 24.0 Å². The van der Waals surface area contributed by atoms with E-state index >= 15 is 0 Å². The molecule has 2 heterocycles. The zero-order chi connectivity index (χ0) is 12.3. The van der Waals surface area contributed by atoms with Gasteiger partial charge >= 0.3 is 0 Å². The van der Waals surface area contributed by atoms with Crippen LogP contribution in [0.15, 0.2) is 18.3 Å². The van der Waals surface area contributed by atoms with Gasteiger partial charge in [0.05, 0.1) is 5.69 Å². The maximum atomic E-state index is 5.62. The van der Waals surface area contributed by atoms with Crippen molar-refractivity contribution in [2.24, 2.45) is 5.73 Å². The van der Waals surface area contributed by atoms with E-state index in [1.165, 1.54) is 18.5 Å². The van der Waals surface area contributed by atoms with Gasteiger partial charge in [-0.05, 0) is 39.1 Å². The van der Waals surface area contributed by atoms with E-state index in [4.69, 9.17) is 5.73 Å². The van der Waals surface area contributed by atoms with Gasteiger partial charge in [0.25, 0.3) is 0 Å². The van der Waals surface area contributed by atoms with Crippen LogP contribution in [0.2, 0.25) is 0 Å². The number of rotatable bonds is 3. The van der Waals surface area contributed by atoms with Crippen LogP contribution in [0.5, 0.6) is 0 Å². The fraction of sp³-hybridized carbons (Fsp3) is 0.615. The van der Waals surface area contributed by atoms with Crippen molar-refractivity contribution >= 4 is 5.69 Å². The second-order valence-electron chi connectivity index (χ2n) is 4.89. The average molecular weight is 234 g/mol. The molecule has 4 nitrogen and oxygen atoms in total. The fourth-order valence-corrected chi connectivity index (χ4v) is 2.41. The first-order valence-electron chi connectivity index (χ1n) is 6.27. The molecule has 0 amide bonds. The molecular weight excluding hydrogens is 212 g/mol. The van der Waals surface area contributed by atoms with E-state index < -0.39 is 0 Å². The minimum Gasteiger partial charge on any atom is -0.371 e. The predicted octanol–water partition coefficient (Wildman–Crippen LogP) is 1.07. The van der Waals surface area contributed by atoms with Gasteiger partial charge < -0.3 is 15.5 Å². The monoisotopic (exact) mass is 234 g/mol. The number of hydrogen-bond acceptors (Lipinski definition) is 4. The van der Waals surface area contributed by atoms with E-state index in [0.717, 1.165) is 24.8 Å². The summed E-state index contributed by atoms with van der Waals surface area (Å²) in [5.41, 5.74) is 7.85. The Morgan fingerprint density at radius 2 is 2.12 bits per heavy atom. The highest BCUT2D eigenvalue weighted by Crippen LogP contribution is 2.21. The lowest BCUT2D eigenvalue weighted by Crippen LogP contribution is -2.42. The number of aromatic nitrogens is 1. The maximum Gasteiger partial charge on any atom is 0.0560 e. The van der Waals surface area contributed by atoms with Crippen molar-refractivity contribution < 1.29 is 0 Å². The molecule has 1 fully saturated rings. The zero-order valence-electron chi connectivity index (χ0n) is 10.8. The van der Waals surface area contributed by atoms with Crippen molar-refractivity contribution in [3.8, 4) is 0 Å². The molecular formula is C13H22N4. The largest absolute Gasteiger partial charge is 0.371 e. The lowest BCUT2D eigenvalue weighted by molar-refractivity contribution is 0.249. The summed E-state index contributed by atoms with van der Waals surface area (Å²) >= 11 is 0. The first-order chi connectivity index (χ1) is 8.20. The normalized spacial score (nSPS) is 17.8. The van der Waals surface area contributed by atoms with Crippen LogP contribution in [0.4, 0.5) is 5.69 Å². The quantitative estimate of drug-likeness (QED) is 0.850. The molecule has 0 aliphatic carbocycles. The Morgan fingerprint density at radius 1 is 1.41 bits per heavy atom. The van der Waals surface area contributed by atoms with Crippen molar-refractivity contribution in [3.63, 3.8) is 0 Å². The average Bonchev–Trinajstić information content (AvgIpc) is 2.39. The van der Waals surface area contributed by atoms with E-state index in [2.05, 4.69) is 41.0 Å². The number of piperidine rings is 1. The minimum atomic E-state index is 0.516. The number of pyridine rings is 1. The van der Waals surface area contributed by atoms with Crippen LogP contribution in [0.1, 0.15) is 18.5 Å². The van der Waals surface area contributed by atoms with E-state index in [0.29, 0.717) is 6.54 Å². The number of anilines is 1. The van der Waals surface area contributed by atoms with Gasteiger partial charge in [-0.2, -0.15) is 0 Å². The molecule has 0 unspecified atom stereocenters. The molecule has 0 bridgehead atoms. The van der Waals surface area contributed by atoms with Crippen LogP contribution < -0.4 is 10.6 Å². The molecule has 0 saturated carbocycles. The highest BCUT2D eigenvalue weighted by molar-refractivity contribution is 5.46. The van der Waals surface area contributed by atoms with Gasteiger partial charge in [0.15, 0.2) is 0 Å². The smallest absolute Gasteiger partial charge is 0.0560 e. The summed E-state index contributed by atoms with van der Waals surface area (Å²) in [6.07, 6.45) is 4.32. The molecule has 1 aliphatic heterocycles. The summed E-state index contributed by atoms with van der Waals surface area (Å²) in [6.45, 7) is 2.76. The molecule has 0 aromatic carbocycles. The lowest BCUT2D eigenvalue weighted by Gasteiger charge is -2.36. The number of nitrogens with zero attached hydrogens (tertiary/aromatic N) is 3. The van der Waals surface area contributed by atoms with Crippen LogP contribution in [0.3, 0.4) is 0 Å². The summed E-state index contributed by atoms with van der Waals surface area (Å²) in [5.74, 6) is 0. The van der Waals surface area contributed by atoms with E-state index in [9.17, 15) is 0 Å². The highest BCUT2D eigenvalue weighted by atomic mass is 15.2. The van der Waals surface area contributed by atoms with Gasteiger partial charge in [-0.3, -0.25) is 4.98 Å². The van der Waals surface area contributed by atoms with E-state index in [-0.39, 0.29) is 0 Å². The molecule has 2 rings (SSSR count). The Bertz CT molecular complexity index is 356. The van der Waals surface area contributed by atoms with Crippen molar-refractivity contribution in [1.82, 2.24) is 9.88 Å². The third kappa shape index (κ3) is 2.96. The minimum absolute atomic E-state index is 0.516. The third-order valence-electron chi connectivity index (χ3n) is 3.57. The Kier molecular flexibility index (Phi) is 3.97. The summed E-state index contributed by atoms with van der Waals surface area (Å²) < 4.78 is 0. The van der Waals surface area contributed by atoms with Crippen LogP contribution in [0.25, 0.3) is 0 Å². The Balaban J connectivity index is 2.00. The molecule has 17 heavy (non-hydrogen) atoms. The van der Waals surface area contributed by atoms with Gasteiger partial charge in [-0.15, -0.1) is 0 Å². The molecule has 0 spiro atoms. The highest BCUT2D eigenvalue weighted by Gasteiger charge is 2.20. The maximum absolute atomic E-state index is 5.62. The second-order valence-corrected chi connectivity index (χ2v) is 4.89. The molecule has 1 saturated heterocycles. The molecule has 1 aliphatic rings. The molecule has 94 valence electrons. The Labute approximate surface area is 103 Å². The summed E-state index contributed by atoms with van der Waals surface area (Å²) in [6, 6.07) is 4.91. The fourth-order valence-electron chi connectivity index (χ4n) is 2.41. The topological polar surface area (TPSA) is 45.4 Å². The van der Waals surface area contributed by atoms with Crippen LogP contribution in [-0.4, -0.2) is 43.1 Å². The van der Waals surface area contributed by atoms with Gasteiger partial charge in [-0.1, -0.05) is 0 Å². The summed E-state index contributed by atoms with van der Waals surface area (Å²) in [5, 5.41) is 0. The van der Waals surface area contributed by atoms with Crippen molar-refractivity contribution in [1.29, 1.82) is 0 Å². The molecule has 0 radical (unpaired) electrons. The van der Waals surface area contributed by atoms with E-state index in [1.54, 1.807) is 0 Å². The Morgan fingerprint density at radius 3 is 2.71 bits per heavy atom. The molecule has 2 N–H and O–H groups in total. The Hall–Kier alpha value is -1.13. The first-order valence-corrected chi connectivity index (χ1v) is 6.27. The van der Waals surface area contributed by atoms with Crippen molar-refractivity contribution in [2.45, 2.75) is 25.4 Å². The van der Waals surface area contributed by atoms with Gasteiger partial charge in [0, 0.05) is 37.6 Å². The van der Waals surface area contributed by atoms with Gasteiger partial charge in [0.2, 0.25) is 0 Å². The second kappa shape index (κ2) is 5.47. The van der Waals surface area contributed by atoms with Crippen LogP contribution in [0, 0.1) is 0 Å². The third-order valence-corrected chi connectivity index (χ3v) is 3.57. The van der Waals surface area contributed by atoms with E-state index in [1.807, 2.05) is 6.20 Å². The van der Waals surface area contributed by atoms with Gasteiger partial charge in [0.1, 0.15) is 0 Å². The van der Waals surface area contributed by atoms with Crippen LogP contribution in [-0.2, 0) is 6.54 Å². The molecule has 1 aromatic rings. The standard InChI is InChI=1S/C13H22N4/c1-16(2)12-4-7-17(8-5-12)13-3-6-15-11(9-13)10-14/h3,6,9,12H,4-5,7-8,10,14H2,1-2H3. The molecule has 0 atom stereocenters. The SMILES string of the molecule is CN(C)C1CCN(c2ccnc(CN)c2)CC1. The number of hydrogen-bond donors (Lipinski definition) is 1. The first kappa shape index (κ1) is 12.3. The molecule has 4 heteroatoms. The predicted molar refractivity (Wildman–Crippen MR) is 71.1 cm³/mol. The summed E-state index contributed by atoms with van der Waals surface area (Å²) in [7, 11) is 4.33. The lowest BCUT2D eigenvalue weighted by atomic mass is 10.0. The zero-order valence-corrected chi connectivity index (χ0v) is 10.8. The van der Waals surface area contributed by atoms with Gasteiger partial charge in [-0.25, -0.2) is 0 Å². The van der Waals surface area contributed by atoms with Crippen molar-refractivity contribution in [2.75, 3.05) is 32.1 Å². The summed E-state index contributed by atoms with van der Waals surface area (Å²) in [4.78, 5) is 9.00. The molecule has 1 aromatic heterocycles.